The van der Waals surface area contributed by atoms with E-state index in [9.17, 15) is 9.18 Å². The predicted octanol–water partition coefficient (Wildman–Crippen LogP) is 5.12. The Morgan fingerprint density at radius 2 is 1.58 bits per heavy atom. The average Bonchev–Trinajstić information content (AvgIpc) is 2.95. The van der Waals surface area contributed by atoms with Crippen molar-refractivity contribution in [3.05, 3.63) is 101 Å². The number of para-hydroxylation sites is 1. The molecular formula is C22H17FO2S. The van der Waals surface area contributed by atoms with Crippen molar-refractivity contribution in [2.24, 2.45) is 0 Å². The van der Waals surface area contributed by atoms with Crippen LogP contribution in [0.25, 0.3) is 0 Å². The van der Waals surface area contributed by atoms with Crippen LogP contribution in [-0.2, 0) is 21.7 Å². The normalized spacial score (nSPS) is 18.4. The Bertz CT molecular complexity index is 942. The lowest BCUT2D eigenvalue weighted by atomic mass is 9.92. The van der Waals surface area contributed by atoms with Gasteiger partial charge in [-0.05, 0) is 23.3 Å². The van der Waals surface area contributed by atoms with Crippen LogP contribution >= 0.6 is 11.8 Å². The van der Waals surface area contributed by atoms with Gasteiger partial charge in [-0.15, -0.1) is 11.8 Å². The molecule has 0 amide bonds. The van der Waals surface area contributed by atoms with Crippen molar-refractivity contribution in [3.8, 4) is 5.75 Å². The van der Waals surface area contributed by atoms with E-state index in [-0.39, 0.29) is 18.2 Å². The fourth-order valence-electron chi connectivity index (χ4n) is 3.23. The molecule has 0 fully saturated rings. The van der Waals surface area contributed by atoms with Crippen molar-refractivity contribution < 1.29 is 13.9 Å². The van der Waals surface area contributed by atoms with Crippen LogP contribution in [0.2, 0.25) is 0 Å². The molecule has 3 aromatic carbocycles. The van der Waals surface area contributed by atoms with Gasteiger partial charge in [0.2, 0.25) is 0 Å². The standard InChI is InChI=1S/C22H17FO2S/c23-19-12-6-4-10-17(19)14-22(26-15-16-8-2-1-3-9-16)18-11-5-7-13-20(18)25-21(22)24/h1-13H,14-15H2/t22-/m0/s1. The number of rotatable bonds is 5. The second-order valence-corrected chi connectivity index (χ2v) is 7.53. The van der Waals surface area contributed by atoms with Gasteiger partial charge < -0.3 is 4.74 Å². The molecule has 0 saturated carbocycles. The Hall–Kier alpha value is -2.59. The van der Waals surface area contributed by atoms with Gasteiger partial charge in [0.15, 0.2) is 0 Å². The molecule has 1 aliphatic rings. The number of carbonyl (C=O) groups excluding carboxylic acids is 1. The highest BCUT2D eigenvalue weighted by molar-refractivity contribution is 8.00. The van der Waals surface area contributed by atoms with E-state index in [4.69, 9.17) is 4.74 Å². The first-order valence-corrected chi connectivity index (χ1v) is 9.41. The Labute approximate surface area is 156 Å². The van der Waals surface area contributed by atoms with Crippen molar-refractivity contribution in [1.29, 1.82) is 0 Å². The summed E-state index contributed by atoms with van der Waals surface area (Å²) >= 11 is 1.50. The lowest BCUT2D eigenvalue weighted by Gasteiger charge is -2.26. The van der Waals surface area contributed by atoms with E-state index >= 15 is 0 Å². The van der Waals surface area contributed by atoms with Gasteiger partial charge in [-0.25, -0.2) is 9.18 Å². The van der Waals surface area contributed by atoms with Crippen molar-refractivity contribution in [3.63, 3.8) is 0 Å². The maximum atomic E-state index is 14.3. The molecule has 130 valence electrons. The number of thioether (sulfide) groups is 1. The fraction of sp³-hybridized carbons (Fsp3) is 0.136. The minimum absolute atomic E-state index is 0.257. The molecule has 0 saturated heterocycles. The zero-order valence-corrected chi connectivity index (χ0v) is 14.8. The van der Waals surface area contributed by atoms with E-state index in [0.717, 1.165) is 11.1 Å². The molecule has 0 bridgehead atoms. The lowest BCUT2D eigenvalue weighted by molar-refractivity contribution is -0.135. The molecule has 0 radical (unpaired) electrons. The van der Waals surface area contributed by atoms with Crippen molar-refractivity contribution in [2.45, 2.75) is 16.9 Å². The molecule has 1 heterocycles. The number of carbonyl (C=O) groups is 1. The summed E-state index contributed by atoms with van der Waals surface area (Å²) in [5, 5.41) is 0. The summed E-state index contributed by atoms with van der Waals surface area (Å²) in [6, 6.07) is 24.0. The third kappa shape index (κ3) is 3.01. The van der Waals surface area contributed by atoms with Crippen LogP contribution in [0.1, 0.15) is 16.7 Å². The van der Waals surface area contributed by atoms with Gasteiger partial charge in [0.25, 0.3) is 0 Å². The van der Waals surface area contributed by atoms with Crippen LogP contribution in [0.15, 0.2) is 78.9 Å². The molecule has 2 nitrogen and oxygen atoms in total. The van der Waals surface area contributed by atoms with E-state index < -0.39 is 4.75 Å². The summed E-state index contributed by atoms with van der Waals surface area (Å²) in [5.41, 5.74) is 2.44. The first kappa shape index (κ1) is 16.9. The van der Waals surface area contributed by atoms with E-state index in [1.807, 2.05) is 48.5 Å². The number of benzene rings is 3. The molecular weight excluding hydrogens is 347 g/mol. The third-order valence-corrected chi connectivity index (χ3v) is 6.08. The first-order valence-electron chi connectivity index (χ1n) is 8.42. The van der Waals surface area contributed by atoms with E-state index in [1.165, 1.54) is 17.8 Å². The molecule has 26 heavy (non-hydrogen) atoms. The van der Waals surface area contributed by atoms with Crippen LogP contribution in [0.3, 0.4) is 0 Å². The van der Waals surface area contributed by atoms with Gasteiger partial charge >= 0.3 is 5.97 Å². The minimum Gasteiger partial charge on any atom is -0.425 e. The van der Waals surface area contributed by atoms with Crippen LogP contribution in [0, 0.1) is 5.82 Å². The summed E-state index contributed by atoms with van der Waals surface area (Å²) in [5.74, 6) is 0.570. The Morgan fingerprint density at radius 3 is 2.38 bits per heavy atom. The summed E-state index contributed by atoms with van der Waals surface area (Å²) in [6.45, 7) is 0. The number of esters is 1. The molecule has 0 unspecified atom stereocenters. The third-order valence-electron chi connectivity index (χ3n) is 4.58. The highest BCUT2D eigenvalue weighted by Crippen LogP contribution is 2.50. The van der Waals surface area contributed by atoms with Crippen LogP contribution in [0.4, 0.5) is 4.39 Å². The largest absolute Gasteiger partial charge is 0.425 e. The molecule has 0 aromatic heterocycles. The first-order chi connectivity index (χ1) is 12.7. The molecule has 0 aliphatic carbocycles. The zero-order valence-electron chi connectivity index (χ0n) is 14.0. The van der Waals surface area contributed by atoms with Gasteiger partial charge in [0.1, 0.15) is 16.3 Å². The summed E-state index contributed by atoms with van der Waals surface area (Å²) in [6.07, 6.45) is 0.257. The topological polar surface area (TPSA) is 26.3 Å². The molecule has 1 aliphatic heterocycles. The van der Waals surface area contributed by atoms with E-state index in [0.29, 0.717) is 17.1 Å². The molecule has 3 aromatic rings. The maximum Gasteiger partial charge on any atom is 0.332 e. The molecule has 0 spiro atoms. The number of hydrogen-bond acceptors (Lipinski definition) is 3. The second kappa shape index (κ2) is 6.96. The second-order valence-electron chi connectivity index (χ2n) is 6.26. The van der Waals surface area contributed by atoms with Crippen molar-refractivity contribution in [2.75, 3.05) is 0 Å². The number of halogens is 1. The Kier molecular flexibility index (Phi) is 4.51. The Balaban J connectivity index is 1.74. The van der Waals surface area contributed by atoms with Crippen LogP contribution in [0.5, 0.6) is 5.75 Å². The average molecular weight is 364 g/mol. The highest BCUT2D eigenvalue weighted by Gasteiger charge is 2.50. The van der Waals surface area contributed by atoms with Gasteiger partial charge in [-0.1, -0.05) is 66.7 Å². The summed E-state index contributed by atoms with van der Waals surface area (Å²) < 4.78 is 18.9. The monoisotopic (exact) mass is 364 g/mol. The number of ether oxygens (including phenoxy) is 1. The fourth-order valence-corrected chi connectivity index (χ4v) is 4.57. The minimum atomic E-state index is -0.950. The van der Waals surface area contributed by atoms with Gasteiger partial charge in [-0.3, -0.25) is 0 Å². The number of hydrogen-bond donors (Lipinski definition) is 0. The van der Waals surface area contributed by atoms with E-state index in [2.05, 4.69) is 0 Å². The summed E-state index contributed by atoms with van der Waals surface area (Å²) in [7, 11) is 0. The van der Waals surface area contributed by atoms with Crippen LogP contribution in [-0.4, -0.2) is 5.97 Å². The highest BCUT2D eigenvalue weighted by atomic mass is 32.2. The SMILES string of the molecule is O=C1Oc2ccccc2[C@]1(Cc1ccccc1F)SCc1ccccc1. The molecule has 1 atom stereocenters. The van der Waals surface area contributed by atoms with Crippen LogP contribution < -0.4 is 4.74 Å². The summed E-state index contributed by atoms with van der Waals surface area (Å²) in [4.78, 5) is 12.9. The van der Waals surface area contributed by atoms with Crippen molar-refractivity contribution in [1.82, 2.24) is 0 Å². The molecule has 4 heteroatoms. The molecule has 0 N–H and O–H groups in total. The van der Waals surface area contributed by atoms with Gasteiger partial charge in [0, 0.05) is 17.7 Å². The molecule has 4 rings (SSSR count). The Morgan fingerprint density at radius 1 is 0.885 bits per heavy atom. The number of fused-ring (bicyclic) bond motifs is 1. The van der Waals surface area contributed by atoms with Gasteiger partial charge in [0.05, 0.1) is 0 Å². The lowest BCUT2D eigenvalue weighted by Crippen LogP contribution is -2.33. The van der Waals surface area contributed by atoms with E-state index in [1.54, 1.807) is 24.3 Å². The maximum absolute atomic E-state index is 14.3. The van der Waals surface area contributed by atoms with Gasteiger partial charge in [-0.2, -0.15) is 0 Å². The quantitative estimate of drug-likeness (QED) is 0.464. The predicted molar refractivity (Wildman–Crippen MR) is 102 cm³/mol. The zero-order chi connectivity index (χ0) is 18.0. The van der Waals surface area contributed by atoms with Crippen molar-refractivity contribution >= 4 is 17.7 Å². The smallest absolute Gasteiger partial charge is 0.332 e.